The number of carbonyl (C=O) groups is 1. The number of unbranched alkanes of at least 4 members (excludes halogenated alkanes) is 14. The maximum absolute atomic E-state index is 11.9. The molecule has 0 heterocycles. The van der Waals surface area contributed by atoms with Crippen LogP contribution < -0.4 is 5.73 Å². The topological polar surface area (TPSA) is 145 Å². The first-order valence-corrected chi connectivity index (χ1v) is 20.9. The lowest BCUT2D eigenvalue weighted by atomic mass is 10.0. The van der Waals surface area contributed by atoms with Crippen LogP contribution in [-0.2, 0) is 56.9 Å². The van der Waals surface area contributed by atoms with E-state index in [1.807, 2.05) is 0 Å². The molecule has 0 saturated heterocycles. The van der Waals surface area contributed by atoms with E-state index in [0.29, 0.717) is 145 Å². The number of carbonyl (C=O) groups excluding carboxylic acids is 1. The van der Waals surface area contributed by atoms with Crippen molar-refractivity contribution in [3.63, 3.8) is 0 Å². The van der Waals surface area contributed by atoms with Crippen molar-refractivity contribution < 1.29 is 56.9 Å². The largest absolute Gasteiger partial charge is 0.463 e. The summed E-state index contributed by atoms with van der Waals surface area (Å²) in [5.74, 6) is -0.130. The van der Waals surface area contributed by atoms with Crippen LogP contribution in [0, 0.1) is 0 Å². The number of hydrogen-bond acceptors (Lipinski definition) is 13. The predicted octanol–water partition coefficient (Wildman–Crippen LogP) is 5.92. The quantitative estimate of drug-likeness (QED) is 0.0579. The summed E-state index contributed by atoms with van der Waals surface area (Å²) < 4.78 is 59.7. The second-order valence-corrected chi connectivity index (χ2v) is 12.8. The van der Waals surface area contributed by atoms with E-state index in [0.717, 1.165) is 12.8 Å². The number of ether oxygens (including phenoxy) is 11. The van der Waals surface area contributed by atoms with Crippen LogP contribution >= 0.6 is 0 Å². The van der Waals surface area contributed by atoms with Crippen molar-refractivity contribution in [3.8, 4) is 0 Å². The van der Waals surface area contributed by atoms with Crippen LogP contribution in [0.3, 0.4) is 0 Å². The van der Waals surface area contributed by atoms with Crippen molar-refractivity contribution in [2.24, 2.45) is 5.73 Å². The molecular weight excluding hydrogens is 686 g/mol. The molecule has 0 aliphatic carbocycles. The molecule has 0 bridgehead atoms. The van der Waals surface area contributed by atoms with Crippen molar-refractivity contribution in [2.45, 2.75) is 110 Å². The number of rotatable bonds is 48. The Morgan fingerprint density at radius 2 is 0.547 bits per heavy atom. The molecule has 0 aliphatic rings. The van der Waals surface area contributed by atoms with Gasteiger partial charge in [0.15, 0.2) is 0 Å². The Balaban J connectivity index is 3.12. The first-order chi connectivity index (χ1) is 26.3. The normalized spacial score (nSPS) is 11.5. The van der Waals surface area contributed by atoms with Crippen molar-refractivity contribution in [3.05, 3.63) is 0 Å². The lowest BCUT2D eigenvalue weighted by Crippen LogP contribution is -2.16. The lowest BCUT2D eigenvalue weighted by molar-refractivity contribution is -0.145. The molecule has 0 atom stereocenters. The van der Waals surface area contributed by atoms with Crippen LogP contribution in [0.1, 0.15) is 110 Å². The van der Waals surface area contributed by atoms with Crippen molar-refractivity contribution in [1.82, 2.24) is 0 Å². The summed E-state index contributed by atoms with van der Waals surface area (Å²) in [6, 6.07) is 0. The van der Waals surface area contributed by atoms with Gasteiger partial charge in [0.1, 0.15) is 6.61 Å². The van der Waals surface area contributed by atoms with E-state index in [4.69, 9.17) is 57.8 Å². The zero-order valence-electron chi connectivity index (χ0n) is 33.8. The number of esters is 1. The molecule has 0 amide bonds. The van der Waals surface area contributed by atoms with E-state index in [2.05, 4.69) is 6.92 Å². The standard InChI is InChI=1S/C40H81NO12/c1-2-3-4-5-6-7-8-9-10-11-12-13-14-15-16-17-40(42)53-39-38-52-37-36-51-35-34-50-33-32-49-31-30-48-29-28-47-27-26-46-25-24-45-23-22-44-21-20-43-19-18-41/h2-39,41H2,1H3. The van der Waals surface area contributed by atoms with Gasteiger partial charge in [0.05, 0.1) is 132 Å². The molecule has 13 heteroatoms. The van der Waals surface area contributed by atoms with Crippen molar-refractivity contribution in [2.75, 3.05) is 145 Å². The summed E-state index contributed by atoms with van der Waals surface area (Å²) in [7, 11) is 0. The Labute approximate surface area is 323 Å². The highest BCUT2D eigenvalue weighted by Gasteiger charge is 2.03. The second-order valence-electron chi connectivity index (χ2n) is 12.8. The zero-order valence-corrected chi connectivity index (χ0v) is 33.8. The summed E-state index contributed by atoms with van der Waals surface area (Å²) in [4.78, 5) is 11.9. The van der Waals surface area contributed by atoms with Gasteiger partial charge >= 0.3 is 5.97 Å². The van der Waals surface area contributed by atoms with Gasteiger partial charge in [-0.1, -0.05) is 96.8 Å². The zero-order chi connectivity index (χ0) is 38.2. The van der Waals surface area contributed by atoms with E-state index in [-0.39, 0.29) is 12.6 Å². The van der Waals surface area contributed by atoms with Gasteiger partial charge in [-0.3, -0.25) is 4.79 Å². The van der Waals surface area contributed by atoms with E-state index < -0.39 is 0 Å². The minimum absolute atomic E-state index is 0.130. The van der Waals surface area contributed by atoms with Crippen molar-refractivity contribution >= 4 is 5.97 Å². The summed E-state index contributed by atoms with van der Waals surface area (Å²) in [6.07, 6.45) is 20.2. The Morgan fingerprint density at radius 1 is 0.321 bits per heavy atom. The summed E-state index contributed by atoms with van der Waals surface area (Å²) in [5, 5.41) is 0. The molecule has 0 aromatic rings. The van der Waals surface area contributed by atoms with Gasteiger partial charge < -0.3 is 57.8 Å². The highest BCUT2D eigenvalue weighted by atomic mass is 16.6. The fourth-order valence-corrected chi connectivity index (χ4v) is 5.09. The Hall–Kier alpha value is -0.970. The van der Waals surface area contributed by atoms with Crippen LogP contribution in [0.15, 0.2) is 0 Å². The maximum atomic E-state index is 11.9. The Morgan fingerprint density at radius 3 is 0.811 bits per heavy atom. The van der Waals surface area contributed by atoms with Gasteiger partial charge in [-0.15, -0.1) is 0 Å². The third-order valence-corrected chi connectivity index (χ3v) is 8.09. The monoisotopic (exact) mass is 768 g/mol. The third-order valence-electron chi connectivity index (χ3n) is 8.09. The van der Waals surface area contributed by atoms with Gasteiger partial charge in [-0.05, 0) is 6.42 Å². The molecule has 0 unspecified atom stereocenters. The Bertz CT molecular complexity index is 680. The van der Waals surface area contributed by atoms with E-state index in [1.54, 1.807) is 0 Å². The summed E-state index contributed by atoms with van der Waals surface area (Å²) in [6.45, 7) is 13.2. The van der Waals surface area contributed by atoms with Gasteiger partial charge in [-0.25, -0.2) is 0 Å². The molecule has 0 aromatic heterocycles. The lowest BCUT2D eigenvalue weighted by Gasteiger charge is -2.09. The maximum Gasteiger partial charge on any atom is 0.305 e. The Kier molecular flexibility index (Phi) is 48.2. The molecule has 0 aromatic carbocycles. The first kappa shape index (κ1) is 52.0. The molecule has 2 N–H and O–H groups in total. The summed E-state index contributed by atoms with van der Waals surface area (Å²) >= 11 is 0. The molecule has 318 valence electrons. The average molecular weight is 768 g/mol. The van der Waals surface area contributed by atoms with E-state index >= 15 is 0 Å². The van der Waals surface area contributed by atoms with Gasteiger partial charge in [-0.2, -0.15) is 0 Å². The molecule has 0 radical (unpaired) electrons. The summed E-state index contributed by atoms with van der Waals surface area (Å²) in [5.41, 5.74) is 5.34. The molecule has 13 nitrogen and oxygen atoms in total. The van der Waals surface area contributed by atoms with Crippen LogP contribution in [0.4, 0.5) is 0 Å². The van der Waals surface area contributed by atoms with Crippen LogP contribution in [0.25, 0.3) is 0 Å². The van der Waals surface area contributed by atoms with E-state index in [9.17, 15) is 4.79 Å². The molecule has 0 fully saturated rings. The molecule has 0 aliphatic heterocycles. The minimum Gasteiger partial charge on any atom is -0.463 e. The second kappa shape index (κ2) is 49.0. The van der Waals surface area contributed by atoms with Gasteiger partial charge in [0.25, 0.3) is 0 Å². The first-order valence-electron chi connectivity index (χ1n) is 20.9. The molecule has 0 spiro atoms. The predicted molar refractivity (Wildman–Crippen MR) is 208 cm³/mol. The van der Waals surface area contributed by atoms with Crippen LogP contribution in [-0.4, -0.2) is 151 Å². The molecule has 53 heavy (non-hydrogen) atoms. The highest BCUT2D eigenvalue weighted by Crippen LogP contribution is 2.13. The van der Waals surface area contributed by atoms with E-state index in [1.165, 1.54) is 83.5 Å². The minimum atomic E-state index is -0.130. The number of hydrogen-bond donors (Lipinski definition) is 1. The van der Waals surface area contributed by atoms with Crippen LogP contribution in [0.2, 0.25) is 0 Å². The number of nitrogens with two attached hydrogens (primary N) is 1. The highest BCUT2D eigenvalue weighted by molar-refractivity contribution is 5.69. The smallest absolute Gasteiger partial charge is 0.305 e. The average Bonchev–Trinajstić information content (AvgIpc) is 3.16. The third kappa shape index (κ3) is 49.0. The molecule has 0 rings (SSSR count). The SMILES string of the molecule is CCCCCCCCCCCCCCCCCC(=O)OCCOCCOCCOCCOCCOCCOCCOCCOCCOCCOCCN. The molecule has 0 saturated carbocycles. The fraction of sp³-hybridized carbons (Fsp3) is 0.975. The molecular formula is C40H81NO12. The fourth-order valence-electron chi connectivity index (χ4n) is 5.09. The van der Waals surface area contributed by atoms with Gasteiger partial charge in [0.2, 0.25) is 0 Å². The van der Waals surface area contributed by atoms with Gasteiger partial charge in [0, 0.05) is 13.0 Å². The van der Waals surface area contributed by atoms with Crippen LogP contribution in [0.5, 0.6) is 0 Å². The van der Waals surface area contributed by atoms with Crippen molar-refractivity contribution in [1.29, 1.82) is 0 Å².